The Morgan fingerprint density at radius 2 is 1.92 bits per heavy atom. The van der Waals surface area contributed by atoms with Crippen LogP contribution < -0.4 is 15.8 Å². The van der Waals surface area contributed by atoms with E-state index < -0.39 is 0 Å². The van der Waals surface area contributed by atoms with Gasteiger partial charge in [-0.3, -0.25) is 0 Å². The lowest BCUT2D eigenvalue weighted by molar-refractivity contribution is 0.355. The Morgan fingerprint density at radius 3 is 2.68 bits per heavy atom. The van der Waals surface area contributed by atoms with E-state index in [0.29, 0.717) is 34.0 Å². The Morgan fingerprint density at radius 1 is 1.08 bits per heavy atom. The predicted octanol–water partition coefficient (Wildman–Crippen LogP) is 5.10. The van der Waals surface area contributed by atoms with Gasteiger partial charge in [0.05, 0.1) is 16.8 Å². The molecule has 3 N–H and O–H groups in total. The first-order valence-electron chi connectivity index (χ1n) is 11.8. The summed E-state index contributed by atoms with van der Waals surface area (Å²) in [6.45, 7) is 1.59. The summed E-state index contributed by atoms with van der Waals surface area (Å²) in [6.07, 6.45) is 3.11. The van der Waals surface area contributed by atoms with Gasteiger partial charge in [0.15, 0.2) is 0 Å². The average Bonchev–Trinajstić information content (AvgIpc) is 2.89. The molecule has 0 bridgehead atoms. The molecular weight excluding hydrogens is 507 g/mol. The second-order valence-corrected chi connectivity index (χ2v) is 9.16. The van der Waals surface area contributed by atoms with Crippen LogP contribution in [0.2, 0.25) is 5.02 Å². The Bertz CT molecular complexity index is 1480. The second kappa shape index (κ2) is 12.3. The van der Waals surface area contributed by atoms with Crippen LogP contribution in [-0.4, -0.2) is 66.2 Å². The first-order chi connectivity index (χ1) is 18.3. The predicted molar refractivity (Wildman–Crippen MR) is 151 cm³/mol. The van der Waals surface area contributed by atoms with Gasteiger partial charge in [-0.25, -0.2) is 14.4 Å². The maximum absolute atomic E-state index is 13.5. The number of hydrogen-bond donors (Lipinski definition) is 2. The van der Waals surface area contributed by atoms with Crippen molar-refractivity contribution in [3.63, 3.8) is 0 Å². The summed E-state index contributed by atoms with van der Waals surface area (Å²) in [7, 11) is 5.87. The molecule has 0 aliphatic heterocycles. The fourth-order valence-electron chi connectivity index (χ4n) is 3.41. The Labute approximate surface area is 225 Å². The maximum atomic E-state index is 13.5. The van der Waals surface area contributed by atoms with Crippen LogP contribution in [0.1, 0.15) is 5.56 Å². The van der Waals surface area contributed by atoms with E-state index in [1.165, 1.54) is 18.5 Å². The van der Waals surface area contributed by atoms with Gasteiger partial charge < -0.3 is 25.6 Å². The summed E-state index contributed by atoms with van der Waals surface area (Å²) in [6, 6.07) is 16.7. The smallest absolute Gasteiger partial charge is 0.216 e. The highest BCUT2D eigenvalue weighted by Crippen LogP contribution is 2.33. The van der Waals surface area contributed by atoms with Gasteiger partial charge in [0.2, 0.25) is 5.96 Å². The number of benzene rings is 3. The van der Waals surface area contributed by atoms with Gasteiger partial charge in [-0.15, -0.1) is 5.10 Å². The van der Waals surface area contributed by atoms with Crippen LogP contribution in [0.3, 0.4) is 0 Å². The number of nitrogens with one attached hydrogen (secondary N) is 1. The van der Waals surface area contributed by atoms with Crippen molar-refractivity contribution in [2.75, 3.05) is 39.5 Å². The normalized spacial score (nSPS) is 11.9. The summed E-state index contributed by atoms with van der Waals surface area (Å²) >= 11 is 6.43. The number of fused-ring (bicyclic) bond motifs is 1. The number of halogens is 2. The van der Waals surface area contributed by atoms with Crippen molar-refractivity contribution in [1.29, 1.82) is 0 Å². The van der Waals surface area contributed by atoms with Gasteiger partial charge in [-0.1, -0.05) is 23.7 Å². The summed E-state index contributed by atoms with van der Waals surface area (Å²) < 4.78 is 19.2. The largest absolute Gasteiger partial charge is 0.456 e. The molecule has 0 radical (unpaired) electrons. The van der Waals surface area contributed by atoms with Crippen molar-refractivity contribution < 1.29 is 9.13 Å². The number of anilines is 2. The lowest BCUT2D eigenvalue weighted by Crippen LogP contribution is -2.38. The van der Waals surface area contributed by atoms with E-state index >= 15 is 0 Å². The summed E-state index contributed by atoms with van der Waals surface area (Å²) in [5.41, 5.74) is 8.27. The highest BCUT2D eigenvalue weighted by atomic mass is 35.5. The third-order valence-corrected chi connectivity index (χ3v) is 5.81. The molecule has 0 aliphatic carbocycles. The molecule has 1 heterocycles. The molecule has 0 aliphatic rings. The molecule has 11 heteroatoms. The quantitative estimate of drug-likeness (QED) is 0.175. The Balaban J connectivity index is 1.50. The summed E-state index contributed by atoms with van der Waals surface area (Å²) in [5, 5.41) is 12.7. The molecule has 0 spiro atoms. The van der Waals surface area contributed by atoms with Crippen molar-refractivity contribution in [2.45, 2.75) is 0 Å². The van der Waals surface area contributed by atoms with E-state index in [4.69, 9.17) is 22.1 Å². The fraction of sp³-hybridized carbons (Fsp3) is 0.185. The molecule has 38 heavy (non-hydrogen) atoms. The molecule has 9 nitrogen and oxygen atoms in total. The number of ether oxygens (including phenoxy) is 1. The molecule has 0 fully saturated rings. The minimum Gasteiger partial charge on any atom is -0.456 e. The molecule has 0 amide bonds. The van der Waals surface area contributed by atoms with Gasteiger partial charge in [0.25, 0.3) is 0 Å². The second-order valence-electron chi connectivity index (χ2n) is 8.76. The number of hydrogen-bond acceptors (Lipinski definition) is 7. The van der Waals surface area contributed by atoms with Crippen LogP contribution in [0, 0.1) is 5.82 Å². The SMILES string of the molecule is CN(C)CCN(C)C(N)=N/N=C/c1ccc2ncnc(Nc3ccc(Oc4cccc(F)c4)c(Cl)c3)c2c1. The lowest BCUT2D eigenvalue weighted by Gasteiger charge is -2.19. The number of nitrogens with two attached hydrogens (primary N) is 1. The standard InChI is InChI=1S/C27H28ClFN8O/c1-36(2)11-12-37(3)27(30)35-33-16-18-7-9-24-22(13-18)26(32-17-31-24)34-20-8-10-25(23(28)15-20)38-21-6-4-5-19(29)14-21/h4-10,13-17H,11-12H2,1-3H3,(H2,30,35)(H,31,32,34)/b33-16+. The molecule has 0 saturated heterocycles. The zero-order valence-electron chi connectivity index (χ0n) is 21.3. The third kappa shape index (κ3) is 7.15. The number of likely N-dealkylation sites (N-methyl/N-ethyl adjacent to an activating group) is 2. The van der Waals surface area contributed by atoms with E-state index in [2.05, 4.69) is 30.4 Å². The monoisotopic (exact) mass is 534 g/mol. The van der Waals surface area contributed by atoms with Gasteiger partial charge in [0.1, 0.15) is 29.5 Å². The van der Waals surface area contributed by atoms with E-state index in [0.717, 1.165) is 29.6 Å². The van der Waals surface area contributed by atoms with Gasteiger partial charge in [-0.2, -0.15) is 5.10 Å². The van der Waals surface area contributed by atoms with Crippen molar-refractivity contribution in [2.24, 2.45) is 15.9 Å². The molecule has 0 saturated carbocycles. The topological polar surface area (TPSA) is 104 Å². The van der Waals surface area contributed by atoms with Crippen LogP contribution in [0.5, 0.6) is 11.5 Å². The fourth-order valence-corrected chi connectivity index (χ4v) is 3.62. The molecule has 196 valence electrons. The van der Waals surface area contributed by atoms with Crippen LogP contribution >= 0.6 is 11.6 Å². The summed E-state index contributed by atoms with van der Waals surface area (Å²) in [4.78, 5) is 12.7. The first kappa shape index (κ1) is 26.8. The van der Waals surface area contributed by atoms with Crippen molar-refractivity contribution >= 4 is 46.2 Å². The molecule has 4 aromatic rings. The molecule has 0 atom stereocenters. The molecule has 1 aromatic heterocycles. The van der Waals surface area contributed by atoms with Crippen molar-refractivity contribution in [1.82, 2.24) is 19.8 Å². The molecule has 0 unspecified atom stereocenters. The number of rotatable bonds is 9. The highest BCUT2D eigenvalue weighted by molar-refractivity contribution is 6.32. The minimum atomic E-state index is -0.389. The van der Waals surface area contributed by atoms with Gasteiger partial charge in [-0.05, 0) is 62.1 Å². The molecular formula is C27H28ClFN8O. The van der Waals surface area contributed by atoms with Crippen LogP contribution in [-0.2, 0) is 0 Å². The number of aromatic nitrogens is 2. The molecule has 3 aromatic carbocycles. The summed E-state index contributed by atoms with van der Waals surface area (Å²) in [5.74, 6) is 1.29. The van der Waals surface area contributed by atoms with Crippen LogP contribution in [0.25, 0.3) is 10.9 Å². The van der Waals surface area contributed by atoms with Crippen LogP contribution in [0.4, 0.5) is 15.9 Å². The zero-order valence-corrected chi connectivity index (χ0v) is 22.0. The van der Waals surface area contributed by atoms with Gasteiger partial charge in [0, 0.05) is 37.3 Å². The average molecular weight is 535 g/mol. The zero-order chi connectivity index (χ0) is 27.1. The Hall–Kier alpha value is -4.28. The van der Waals surface area contributed by atoms with E-state index in [-0.39, 0.29) is 5.82 Å². The highest BCUT2D eigenvalue weighted by Gasteiger charge is 2.09. The third-order valence-electron chi connectivity index (χ3n) is 5.52. The maximum Gasteiger partial charge on any atom is 0.216 e. The van der Waals surface area contributed by atoms with Gasteiger partial charge >= 0.3 is 0 Å². The van der Waals surface area contributed by atoms with Crippen LogP contribution in [0.15, 0.2) is 77.2 Å². The van der Waals surface area contributed by atoms with Crippen molar-refractivity contribution in [3.05, 3.63) is 83.4 Å². The molecule has 4 rings (SSSR count). The minimum absolute atomic E-state index is 0.330. The van der Waals surface area contributed by atoms with E-state index in [9.17, 15) is 4.39 Å². The number of nitrogens with zero attached hydrogens (tertiary/aromatic N) is 6. The van der Waals surface area contributed by atoms with Crippen molar-refractivity contribution in [3.8, 4) is 11.5 Å². The first-order valence-corrected chi connectivity index (χ1v) is 12.1. The van der Waals surface area contributed by atoms with E-state index in [1.807, 2.05) is 44.2 Å². The number of guanidine groups is 1. The van der Waals surface area contributed by atoms with E-state index in [1.54, 1.807) is 36.5 Å². The lowest BCUT2D eigenvalue weighted by atomic mass is 10.1. The Kier molecular flexibility index (Phi) is 8.67.